The van der Waals surface area contributed by atoms with Crippen molar-refractivity contribution in [3.63, 3.8) is 0 Å². The maximum atomic E-state index is 13.4. The number of hydrogen-bond acceptors (Lipinski definition) is 16. The van der Waals surface area contributed by atoms with Gasteiger partial charge < -0.3 is 75.3 Å². The van der Waals surface area contributed by atoms with Gasteiger partial charge in [0.2, 0.25) is 17.7 Å². The Hall–Kier alpha value is -4.52. The van der Waals surface area contributed by atoms with Crippen molar-refractivity contribution in [1.82, 2.24) is 37.2 Å². The van der Waals surface area contributed by atoms with E-state index in [9.17, 15) is 49.2 Å². The van der Waals surface area contributed by atoms with Crippen LogP contribution in [0.15, 0.2) is 9.98 Å². The highest BCUT2D eigenvalue weighted by Crippen LogP contribution is 2.12. The number of amides is 7. The lowest BCUT2D eigenvalue weighted by Crippen LogP contribution is -2.66. The van der Waals surface area contributed by atoms with Gasteiger partial charge in [0.1, 0.15) is 30.1 Å². The molecule has 0 radical (unpaired) electrons. The number of aliphatic hydroxyl groups is 4. The molecule has 23 nitrogen and oxygen atoms in total. The molecule has 0 unspecified atom stereocenters. The zero-order valence-electron chi connectivity index (χ0n) is 25.9. The Kier molecular flexibility index (Phi) is 16.0. The first-order valence-corrected chi connectivity index (χ1v) is 14.9. The third-order valence-corrected chi connectivity index (χ3v) is 7.12. The van der Waals surface area contributed by atoms with Crippen molar-refractivity contribution in [3.8, 4) is 0 Å². The quantitative estimate of drug-likeness (QED) is 0.0958. The van der Waals surface area contributed by atoms with Gasteiger partial charge in [-0.15, -0.1) is 0 Å². The number of carbonyl (C=O) groups is 6. The van der Waals surface area contributed by atoms with Crippen LogP contribution in [0.4, 0.5) is 4.79 Å². The summed E-state index contributed by atoms with van der Waals surface area (Å²) < 4.78 is 0. The predicted octanol–water partition coefficient (Wildman–Crippen LogP) is -9.08. The van der Waals surface area contributed by atoms with E-state index >= 15 is 0 Å². The average Bonchev–Trinajstić information content (AvgIpc) is 3.02. The van der Waals surface area contributed by atoms with Crippen molar-refractivity contribution < 1.29 is 49.2 Å². The molecular formula is C25H45N13O10. The molecule has 0 fully saturated rings. The van der Waals surface area contributed by atoms with Gasteiger partial charge in [0.25, 0.3) is 11.8 Å². The van der Waals surface area contributed by atoms with Crippen LogP contribution in [0.25, 0.3) is 0 Å². The highest BCUT2D eigenvalue weighted by atomic mass is 16.3. The molecule has 2 heterocycles. The lowest BCUT2D eigenvalue weighted by Gasteiger charge is -2.36. The molecule has 2 aliphatic rings. The normalized spacial score (nSPS) is 28.4. The molecule has 0 spiro atoms. The van der Waals surface area contributed by atoms with Crippen LogP contribution in [0, 0.1) is 0 Å². The number of guanidine groups is 1. The van der Waals surface area contributed by atoms with Gasteiger partial charge in [-0.1, -0.05) is 0 Å². The number of aliphatic imine (C=N–C) groups is 2. The van der Waals surface area contributed by atoms with Gasteiger partial charge in [0.05, 0.1) is 31.8 Å². The van der Waals surface area contributed by atoms with Crippen LogP contribution in [0.1, 0.15) is 25.7 Å². The molecule has 0 bridgehead atoms. The zero-order chi connectivity index (χ0) is 36.0. The Morgan fingerprint density at radius 3 is 2.27 bits per heavy atom. The summed E-state index contributed by atoms with van der Waals surface area (Å²) in [6, 6.07) is -9.24. The van der Waals surface area contributed by atoms with E-state index in [1.54, 1.807) is 0 Å². The van der Waals surface area contributed by atoms with Crippen molar-refractivity contribution in [2.24, 2.45) is 32.9 Å². The fourth-order valence-corrected chi connectivity index (χ4v) is 4.62. The molecule has 23 heteroatoms. The summed E-state index contributed by atoms with van der Waals surface area (Å²) in [7, 11) is 0. The molecule has 0 aromatic carbocycles. The molecule has 0 aromatic heterocycles. The van der Waals surface area contributed by atoms with Gasteiger partial charge in [0, 0.05) is 25.4 Å². The van der Waals surface area contributed by atoms with Gasteiger partial charge in [-0.25, -0.2) is 14.8 Å². The fourth-order valence-electron chi connectivity index (χ4n) is 4.62. The first kappa shape index (κ1) is 39.7. The van der Waals surface area contributed by atoms with Gasteiger partial charge in [0.15, 0.2) is 12.2 Å². The first-order valence-electron chi connectivity index (χ1n) is 14.9. The number of nitrogens with one attached hydrogen (secondary N) is 7. The van der Waals surface area contributed by atoms with Gasteiger partial charge in [-0.2, -0.15) is 0 Å². The van der Waals surface area contributed by atoms with Crippen LogP contribution in [-0.4, -0.2) is 149 Å². The van der Waals surface area contributed by atoms with Crippen molar-refractivity contribution in [2.75, 3.05) is 32.8 Å². The van der Waals surface area contributed by atoms with Crippen LogP contribution in [0.3, 0.4) is 0 Å². The first-order chi connectivity index (χ1) is 22.7. The zero-order valence-corrected chi connectivity index (χ0v) is 25.9. The Labute approximate surface area is 274 Å². The smallest absolute Gasteiger partial charge is 0.312 e. The molecule has 0 aromatic rings. The second-order valence-corrected chi connectivity index (χ2v) is 11.0. The lowest BCUT2D eigenvalue weighted by atomic mass is 10.00. The fraction of sp³-hybridized carbons (Fsp3) is 0.680. The van der Waals surface area contributed by atoms with Crippen LogP contribution < -0.4 is 60.2 Å². The molecule has 0 aliphatic carbocycles. The van der Waals surface area contributed by atoms with Gasteiger partial charge in [-0.05, 0) is 19.4 Å². The molecule has 8 atom stereocenters. The van der Waals surface area contributed by atoms with E-state index < -0.39 is 116 Å². The van der Waals surface area contributed by atoms with E-state index in [1.807, 2.05) is 0 Å². The minimum atomic E-state index is -1.80. The predicted molar refractivity (Wildman–Crippen MR) is 166 cm³/mol. The summed E-state index contributed by atoms with van der Waals surface area (Å²) >= 11 is 0. The average molecular weight is 688 g/mol. The van der Waals surface area contributed by atoms with Gasteiger partial charge >= 0.3 is 6.03 Å². The van der Waals surface area contributed by atoms with E-state index in [0.29, 0.717) is 19.4 Å². The summed E-state index contributed by atoms with van der Waals surface area (Å²) in [5.74, 6) is -5.55. The third-order valence-electron chi connectivity index (χ3n) is 7.12. The van der Waals surface area contributed by atoms with Crippen LogP contribution in [0.5, 0.6) is 0 Å². The van der Waals surface area contributed by atoms with E-state index in [4.69, 9.17) is 22.9 Å². The molecular weight excluding hydrogens is 642 g/mol. The highest BCUT2D eigenvalue weighted by Gasteiger charge is 2.37. The maximum Gasteiger partial charge on any atom is 0.312 e. The lowest BCUT2D eigenvalue weighted by molar-refractivity contribution is -0.134. The molecule has 2 aliphatic heterocycles. The summed E-state index contributed by atoms with van der Waals surface area (Å²) in [5.41, 5.74) is 21.6. The number of nitrogens with zero attached hydrogens (tertiary/aromatic N) is 2. The Balaban J connectivity index is 2.54. The van der Waals surface area contributed by atoms with Crippen molar-refractivity contribution in [3.05, 3.63) is 0 Å². The number of urea groups is 1. The largest absolute Gasteiger partial charge is 0.394 e. The number of primary amides is 1. The number of hydrogen-bond donors (Lipinski definition) is 15. The van der Waals surface area contributed by atoms with E-state index in [0.717, 1.165) is 0 Å². The number of aliphatic hydroxyl groups excluding tert-OH is 4. The van der Waals surface area contributed by atoms with Crippen LogP contribution >= 0.6 is 0 Å². The second kappa shape index (κ2) is 19.3. The van der Waals surface area contributed by atoms with E-state index in [2.05, 4.69) is 47.2 Å². The van der Waals surface area contributed by atoms with Crippen molar-refractivity contribution >= 4 is 47.2 Å². The highest BCUT2D eigenvalue weighted by molar-refractivity contribution is 6.41. The van der Waals surface area contributed by atoms with Crippen LogP contribution in [-0.2, 0) is 24.0 Å². The molecule has 0 saturated carbocycles. The second-order valence-electron chi connectivity index (χ2n) is 11.0. The van der Waals surface area contributed by atoms with Gasteiger partial charge in [-0.3, -0.25) is 29.3 Å². The summed E-state index contributed by atoms with van der Waals surface area (Å²) in [6.45, 7) is -2.97. The summed E-state index contributed by atoms with van der Waals surface area (Å²) in [4.78, 5) is 84.1. The number of carbonyl (C=O) groups excluding carboxylic acids is 6. The molecule has 7 amide bonds. The summed E-state index contributed by atoms with van der Waals surface area (Å²) in [6.07, 6.45) is -2.65. The van der Waals surface area contributed by atoms with Crippen molar-refractivity contribution in [2.45, 2.75) is 74.4 Å². The minimum Gasteiger partial charge on any atom is -0.394 e. The number of rotatable bonds is 11. The SMILES string of the molecule is NCCC[C@H](N)CC(=O)N[C@H]1CN[C@H](O)[C@H]([C@H]2C[C@H](O)N=C(N)N2)NC(=O)C(CNC(N)=O)=NC(=O)[C@H](CO)NC(=O)[C@H](CO)NC1=O. The van der Waals surface area contributed by atoms with E-state index in [1.165, 1.54) is 0 Å². The Morgan fingerprint density at radius 1 is 1.00 bits per heavy atom. The monoisotopic (exact) mass is 687 g/mol. The molecule has 270 valence electrons. The topological polar surface area (TPSA) is 396 Å². The molecule has 48 heavy (non-hydrogen) atoms. The molecule has 2 rings (SSSR count). The third kappa shape index (κ3) is 12.6. The molecule has 19 N–H and O–H groups in total. The summed E-state index contributed by atoms with van der Waals surface area (Å²) in [5, 5.41) is 57.6. The Morgan fingerprint density at radius 2 is 1.67 bits per heavy atom. The number of nitrogens with two attached hydrogens (primary N) is 4. The maximum absolute atomic E-state index is 13.4. The van der Waals surface area contributed by atoms with Crippen LogP contribution in [0.2, 0.25) is 0 Å². The van der Waals surface area contributed by atoms with E-state index in [-0.39, 0.29) is 18.8 Å². The Bertz CT molecular complexity index is 1230. The van der Waals surface area contributed by atoms with Crippen molar-refractivity contribution in [1.29, 1.82) is 0 Å². The standard InChI is InChI=1S/C25H45N13O10/c26-3-1-2-10(27)4-16(41)32-12-6-30-23(47)18(11-5-17(42)37-24(28)36-11)38-20(44)13(7-31-25(29)48)33-21(45)14(8-39)35-22(46)15(9-40)34-19(12)43/h10-12,14-15,17-18,23,30,39-40,42,47H,1-9,26-27H2,(H,32,41)(H,34,43)(H,35,46)(H,38,44)(H3,28,36,37)(H3,29,31,48)/t10-,11+,12-,14-,15-,17-,18-,23+/m0/s1. The molecule has 0 saturated heterocycles. The minimum absolute atomic E-state index is 0.215.